The predicted octanol–water partition coefficient (Wildman–Crippen LogP) is 3.51. The number of ether oxygens (including phenoxy) is 5. The van der Waals surface area contributed by atoms with E-state index in [4.69, 9.17) is 23.7 Å². The van der Waals surface area contributed by atoms with E-state index in [1.807, 2.05) is 55.5 Å². The predicted molar refractivity (Wildman–Crippen MR) is 114 cm³/mol. The van der Waals surface area contributed by atoms with Crippen LogP contribution >= 0.6 is 0 Å². The topological polar surface area (TPSA) is 66.4 Å². The Morgan fingerprint density at radius 2 is 1.43 bits per heavy atom. The Kier molecular flexibility index (Phi) is 7.87. The summed E-state index contributed by atoms with van der Waals surface area (Å²) < 4.78 is 28.3. The summed E-state index contributed by atoms with van der Waals surface area (Å²) in [5.41, 5.74) is 2.62. The Morgan fingerprint density at radius 1 is 0.900 bits per heavy atom. The first-order valence-electron chi connectivity index (χ1n) is 9.99. The Balaban J connectivity index is 1.59. The fraction of sp³-hybridized carbons (Fsp3) is 0.417. The molecule has 1 N–H and O–H groups in total. The third-order valence-electron chi connectivity index (χ3n) is 5.27. The Hall–Kier alpha value is -2.38. The molecule has 0 bridgehead atoms. The molecule has 6 heteroatoms. The van der Waals surface area contributed by atoms with Crippen molar-refractivity contribution < 1.29 is 28.8 Å². The van der Waals surface area contributed by atoms with Crippen molar-refractivity contribution in [1.82, 2.24) is 0 Å². The number of methoxy groups -OCH3 is 2. The second kappa shape index (κ2) is 10.6. The monoisotopic (exact) mass is 414 g/mol. The summed E-state index contributed by atoms with van der Waals surface area (Å²) in [6.45, 7) is 6.90. The molecule has 2 aromatic rings. The van der Waals surface area contributed by atoms with Crippen LogP contribution in [0, 0.1) is 0 Å². The molecule has 6 nitrogen and oxygen atoms in total. The second-order valence-electron chi connectivity index (χ2n) is 7.32. The first-order chi connectivity index (χ1) is 14.5. The summed E-state index contributed by atoms with van der Waals surface area (Å²) in [5.74, 6) is 1.59. The van der Waals surface area contributed by atoms with Gasteiger partial charge in [-0.1, -0.05) is 30.8 Å². The number of hydrogen-bond acceptors (Lipinski definition) is 6. The van der Waals surface area contributed by atoms with Gasteiger partial charge < -0.3 is 28.8 Å². The summed E-state index contributed by atoms with van der Waals surface area (Å²) in [6.07, 6.45) is -2.05. The van der Waals surface area contributed by atoms with E-state index in [1.165, 1.54) is 0 Å². The molecule has 0 saturated carbocycles. The van der Waals surface area contributed by atoms with Gasteiger partial charge in [0, 0.05) is 0 Å². The molecule has 0 aliphatic carbocycles. The number of hydrogen-bond donors (Lipinski definition) is 1. The molecule has 1 heterocycles. The molecule has 3 unspecified atom stereocenters. The van der Waals surface area contributed by atoms with Crippen molar-refractivity contribution in [3.05, 3.63) is 71.8 Å². The molecule has 1 fully saturated rings. The highest BCUT2D eigenvalue weighted by Crippen LogP contribution is 2.28. The molecule has 1 aliphatic rings. The summed E-state index contributed by atoms with van der Waals surface area (Å²) in [7, 11) is 3.27. The van der Waals surface area contributed by atoms with Crippen molar-refractivity contribution in [3.63, 3.8) is 0 Å². The maximum absolute atomic E-state index is 10.7. The van der Waals surface area contributed by atoms with Crippen LogP contribution in [0.5, 0.6) is 11.5 Å². The zero-order chi connectivity index (χ0) is 21.5. The van der Waals surface area contributed by atoms with Crippen molar-refractivity contribution in [2.45, 2.75) is 44.6 Å². The first-order valence-corrected chi connectivity index (χ1v) is 9.99. The van der Waals surface area contributed by atoms with Crippen LogP contribution in [0.1, 0.15) is 18.1 Å². The SMILES string of the molecule is C=C1C(O)C(OCc2ccc(OC)cc2)C(COCc2ccc(OC)cc2)O[C@@H]1C. The molecule has 0 radical (unpaired) electrons. The van der Waals surface area contributed by atoms with Gasteiger partial charge in [0.25, 0.3) is 0 Å². The van der Waals surface area contributed by atoms with E-state index in [0.29, 0.717) is 25.4 Å². The van der Waals surface area contributed by atoms with E-state index in [0.717, 1.165) is 22.6 Å². The molecule has 2 aromatic carbocycles. The van der Waals surface area contributed by atoms with E-state index >= 15 is 0 Å². The molecule has 1 aliphatic heterocycles. The highest BCUT2D eigenvalue weighted by Gasteiger charge is 2.39. The number of rotatable bonds is 9. The quantitative estimate of drug-likeness (QED) is 0.634. The van der Waals surface area contributed by atoms with Crippen molar-refractivity contribution in [1.29, 1.82) is 0 Å². The van der Waals surface area contributed by atoms with Gasteiger partial charge in [-0.25, -0.2) is 0 Å². The molecule has 3 rings (SSSR count). The van der Waals surface area contributed by atoms with Crippen LogP contribution in [0.15, 0.2) is 60.7 Å². The molecular weight excluding hydrogens is 384 g/mol. The zero-order valence-electron chi connectivity index (χ0n) is 17.7. The van der Waals surface area contributed by atoms with Gasteiger partial charge in [0.15, 0.2) is 0 Å². The lowest BCUT2D eigenvalue weighted by atomic mass is 9.94. The number of aliphatic hydroxyl groups is 1. The number of aliphatic hydroxyl groups excluding tert-OH is 1. The minimum absolute atomic E-state index is 0.268. The first kappa shape index (κ1) is 22.3. The van der Waals surface area contributed by atoms with Crippen molar-refractivity contribution in [3.8, 4) is 11.5 Å². The average Bonchev–Trinajstić information content (AvgIpc) is 2.78. The molecule has 0 amide bonds. The minimum atomic E-state index is -0.818. The zero-order valence-corrected chi connectivity index (χ0v) is 17.7. The van der Waals surface area contributed by atoms with E-state index < -0.39 is 18.3 Å². The summed E-state index contributed by atoms with van der Waals surface area (Å²) in [6, 6.07) is 15.3. The Morgan fingerprint density at radius 3 is 1.97 bits per heavy atom. The van der Waals surface area contributed by atoms with Crippen molar-refractivity contribution in [2.24, 2.45) is 0 Å². The van der Waals surface area contributed by atoms with Gasteiger partial charge >= 0.3 is 0 Å². The fourth-order valence-electron chi connectivity index (χ4n) is 3.34. The van der Waals surface area contributed by atoms with Crippen molar-refractivity contribution >= 4 is 0 Å². The van der Waals surface area contributed by atoms with Crippen LogP contribution in [-0.2, 0) is 27.4 Å². The van der Waals surface area contributed by atoms with Gasteiger partial charge in [-0.3, -0.25) is 0 Å². The maximum Gasteiger partial charge on any atom is 0.118 e. The highest BCUT2D eigenvalue weighted by atomic mass is 16.6. The lowest BCUT2D eigenvalue weighted by Crippen LogP contribution is -2.52. The molecular formula is C24H30O6. The molecule has 162 valence electrons. The van der Waals surface area contributed by atoms with Gasteiger partial charge in [-0.05, 0) is 47.9 Å². The third-order valence-corrected chi connectivity index (χ3v) is 5.27. The van der Waals surface area contributed by atoms with Crippen LogP contribution in [0.25, 0.3) is 0 Å². The van der Waals surface area contributed by atoms with E-state index in [1.54, 1.807) is 14.2 Å². The van der Waals surface area contributed by atoms with Crippen LogP contribution in [0.3, 0.4) is 0 Å². The minimum Gasteiger partial charge on any atom is -0.497 e. The lowest BCUT2D eigenvalue weighted by molar-refractivity contribution is -0.178. The van der Waals surface area contributed by atoms with Gasteiger partial charge in [-0.15, -0.1) is 0 Å². The van der Waals surface area contributed by atoms with Crippen LogP contribution in [-0.4, -0.2) is 50.3 Å². The van der Waals surface area contributed by atoms with E-state index in [-0.39, 0.29) is 6.10 Å². The molecule has 30 heavy (non-hydrogen) atoms. The highest BCUT2D eigenvalue weighted by molar-refractivity contribution is 5.27. The smallest absolute Gasteiger partial charge is 0.118 e. The van der Waals surface area contributed by atoms with Gasteiger partial charge in [0.1, 0.15) is 29.8 Å². The van der Waals surface area contributed by atoms with Crippen LogP contribution < -0.4 is 9.47 Å². The van der Waals surface area contributed by atoms with Crippen LogP contribution in [0.2, 0.25) is 0 Å². The second-order valence-corrected chi connectivity index (χ2v) is 7.32. The van der Waals surface area contributed by atoms with Crippen molar-refractivity contribution in [2.75, 3.05) is 20.8 Å². The normalized spacial score (nSPS) is 23.9. The Bertz CT molecular complexity index is 801. The molecule has 1 saturated heterocycles. The molecule has 0 aromatic heterocycles. The van der Waals surface area contributed by atoms with E-state index in [2.05, 4.69) is 6.58 Å². The molecule has 4 atom stereocenters. The summed E-state index contributed by atoms with van der Waals surface area (Å²) >= 11 is 0. The molecule has 0 spiro atoms. The van der Waals surface area contributed by atoms with E-state index in [9.17, 15) is 5.11 Å². The largest absolute Gasteiger partial charge is 0.497 e. The maximum atomic E-state index is 10.7. The lowest BCUT2D eigenvalue weighted by Gasteiger charge is -2.40. The summed E-state index contributed by atoms with van der Waals surface area (Å²) in [4.78, 5) is 0. The van der Waals surface area contributed by atoms with Gasteiger partial charge in [0.05, 0.1) is 40.1 Å². The number of benzene rings is 2. The standard InChI is InChI=1S/C24H30O6/c1-16-17(2)30-22(15-28-13-18-5-9-20(26-3)10-6-18)24(23(16)25)29-14-19-7-11-21(27-4)12-8-19/h5-12,17,22-25H,1,13-15H2,2-4H3/t17-,22?,23?,24?/m1/s1. The van der Waals surface area contributed by atoms with Gasteiger partial charge in [0.2, 0.25) is 0 Å². The van der Waals surface area contributed by atoms with Gasteiger partial charge in [-0.2, -0.15) is 0 Å². The average molecular weight is 414 g/mol. The fourth-order valence-corrected chi connectivity index (χ4v) is 3.34. The van der Waals surface area contributed by atoms with Crippen LogP contribution in [0.4, 0.5) is 0 Å². The third kappa shape index (κ3) is 5.61. The summed E-state index contributed by atoms with van der Waals surface area (Å²) in [5, 5.41) is 10.7. The Labute approximate surface area is 178 Å².